The molecule has 0 aliphatic carbocycles. The van der Waals surface area contributed by atoms with Crippen LogP contribution >= 0.6 is 7.14 Å². The van der Waals surface area contributed by atoms with Gasteiger partial charge in [0, 0.05) is 15.9 Å². The zero-order chi connectivity index (χ0) is 25.6. The largest absolute Gasteiger partial charge is 4.00 e. The molecule has 3 aromatic rings. The minimum atomic E-state index is -2.78. The Morgan fingerprint density at radius 3 is 0.944 bits per heavy atom. The van der Waals surface area contributed by atoms with Gasteiger partial charge in [0.15, 0.2) is 18.7 Å². The molecule has 0 unspecified atom stereocenters. The molecule has 187 valence electrons. The number of benzene rings is 3. The molecular formula is C28H29O6PV. The van der Waals surface area contributed by atoms with Gasteiger partial charge in [-0.1, -0.05) is 105 Å². The third-order valence-electron chi connectivity index (χ3n) is 4.17. The fourth-order valence-electron chi connectivity index (χ4n) is 2.93. The molecule has 0 atom stereocenters. The first kappa shape index (κ1) is 35.0. The van der Waals surface area contributed by atoms with Crippen molar-refractivity contribution in [1.82, 2.24) is 0 Å². The molecule has 1 radical (unpaired) electrons. The Labute approximate surface area is 225 Å². The fraction of sp³-hybridized carbons (Fsp3) is 0.143. The molecule has 0 N–H and O–H groups in total. The van der Waals surface area contributed by atoms with E-state index in [1.807, 2.05) is 91.0 Å². The fourth-order valence-corrected chi connectivity index (χ4v) is 5.60. The summed E-state index contributed by atoms with van der Waals surface area (Å²) < 4.78 is 13.8. The van der Waals surface area contributed by atoms with Crippen LogP contribution in [0.3, 0.4) is 0 Å². The molecule has 0 saturated carbocycles. The van der Waals surface area contributed by atoms with Crippen LogP contribution in [-0.2, 0) is 38.2 Å². The molecule has 0 spiro atoms. The van der Waals surface area contributed by atoms with Gasteiger partial charge in [0.25, 0.3) is 0 Å². The Kier molecular flexibility index (Phi) is 17.7. The van der Waals surface area contributed by atoms with Crippen LogP contribution in [0.15, 0.2) is 115 Å². The second-order valence-corrected chi connectivity index (χ2v) is 10.1. The Balaban J connectivity index is 0. The third-order valence-corrected chi connectivity index (χ3v) is 7.25. The van der Waals surface area contributed by atoms with Gasteiger partial charge in [-0.15, -0.1) is 11.5 Å². The van der Waals surface area contributed by atoms with Gasteiger partial charge >= 0.3 is 18.6 Å². The van der Waals surface area contributed by atoms with Crippen molar-refractivity contribution in [3.8, 4) is 0 Å². The minimum Gasteiger partial charge on any atom is -2.00 e. The average Bonchev–Trinajstić information content (AvgIpc) is 2.79. The summed E-state index contributed by atoms with van der Waals surface area (Å²) in [5.74, 6) is -0.750. The number of hydrogen-bond acceptors (Lipinski definition) is 5. The molecule has 0 fully saturated rings. The van der Waals surface area contributed by atoms with Gasteiger partial charge < -0.3 is 20.3 Å². The summed E-state index contributed by atoms with van der Waals surface area (Å²) in [5, 5.41) is 22.6. The normalized spacial score (nSPS) is 10.7. The summed E-state index contributed by atoms with van der Waals surface area (Å²) in [6, 6.07) is 29.1. The standard InChI is InChI=1S/C18H15OP.2C5H8O2.O.V/c19-20(16-10-4-1-5-11-16,17-12-6-2-7-13-17)18-14-8-3-9-15-18;2*1-4(6)3-5(2)7;;/h1-15H;2*3,6H,1-2H3;;/q;;;-2;+4/p-2/b;2*4-3-;;. The Hall–Kier alpha value is -3.15. The van der Waals surface area contributed by atoms with Gasteiger partial charge in [-0.25, -0.2) is 0 Å². The van der Waals surface area contributed by atoms with Crippen molar-refractivity contribution in [3.05, 3.63) is 115 Å². The number of carbonyl (C=O) groups excluding carboxylic acids is 2. The topological polar surface area (TPSA) is 126 Å². The van der Waals surface area contributed by atoms with E-state index >= 15 is 0 Å². The van der Waals surface area contributed by atoms with Crippen LogP contribution in [0.4, 0.5) is 0 Å². The summed E-state index contributed by atoms with van der Waals surface area (Å²) in [4.78, 5) is 20.0. The molecule has 0 amide bonds. The minimum absolute atomic E-state index is 0. The smallest absolute Gasteiger partial charge is 2.00 e. The average molecular weight is 543 g/mol. The predicted octanol–water partition coefficient (Wildman–Crippen LogP) is 2.88. The van der Waals surface area contributed by atoms with Crippen LogP contribution in [0.25, 0.3) is 0 Å². The number of ketones is 2. The van der Waals surface area contributed by atoms with E-state index in [1.54, 1.807) is 0 Å². The van der Waals surface area contributed by atoms with Crippen LogP contribution in [0.1, 0.15) is 27.7 Å². The molecule has 3 rings (SSSR count). The van der Waals surface area contributed by atoms with E-state index in [-0.39, 0.29) is 47.1 Å². The van der Waals surface area contributed by atoms with Crippen LogP contribution in [0.2, 0.25) is 0 Å². The summed E-state index contributed by atoms with van der Waals surface area (Å²) in [6.45, 7) is 5.39. The number of allylic oxidation sites excluding steroid dienone is 4. The van der Waals surface area contributed by atoms with E-state index < -0.39 is 7.14 Å². The van der Waals surface area contributed by atoms with Gasteiger partial charge in [-0.05, 0) is 26.0 Å². The first-order valence-corrected chi connectivity index (χ1v) is 12.3. The van der Waals surface area contributed by atoms with E-state index in [0.717, 1.165) is 28.1 Å². The van der Waals surface area contributed by atoms with Crippen molar-refractivity contribution in [1.29, 1.82) is 0 Å². The quantitative estimate of drug-likeness (QED) is 0.278. The Morgan fingerprint density at radius 2 is 0.806 bits per heavy atom. The second kappa shape index (κ2) is 18.2. The summed E-state index contributed by atoms with van der Waals surface area (Å²) in [7, 11) is -2.78. The van der Waals surface area contributed by atoms with Gasteiger partial charge in [-0.3, -0.25) is 9.59 Å². The van der Waals surface area contributed by atoms with Gasteiger partial charge in [-0.2, -0.15) is 0 Å². The Bertz CT molecular complexity index is 1020. The molecule has 6 nitrogen and oxygen atoms in total. The van der Waals surface area contributed by atoms with Gasteiger partial charge in [0.05, 0.1) is 0 Å². The third kappa shape index (κ3) is 12.5. The zero-order valence-corrected chi connectivity index (χ0v) is 22.9. The van der Waals surface area contributed by atoms with Crippen molar-refractivity contribution in [2.75, 3.05) is 0 Å². The first-order chi connectivity index (χ1) is 16.1. The van der Waals surface area contributed by atoms with E-state index in [2.05, 4.69) is 0 Å². The molecule has 36 heavy (non-hydrogen) atoms. The van der Waals surface area contributed by atoms with E-state index in [0.29, 0.717) is 0 Å². The van der Waals surface area contributed by atoms with Crippen molar-refractivity contribution < 1.29 is 48.4 Å². The predicted molar refractivity (Wildman–Crippen MR) is 135 cm³/mol. The summed E-state index contributed by atoms with van der Waals surface area (Å²) >= 11 is 0. The molecule has 0 saturated heterocycles. The van der Waals surface area contributed by atoms with Crippen molar-refractivity contribution in [2.24, 2.45) is 0 Å². The SMILES string of the molecule is CC(=O)/C=C(/C)[O-].CC(=O)/C=C(/C)[O-].O=P(c1ccccc1)(c1ccccc1)c1ccccc1.[O-2].[V+4]. The molecule has 0 aliphatic rings. The number of hydrogen-bond donors (Lipinski definition) is 0. The van der Waals surface area contributed by atoms with E-state index in [4.69, 9.17) is 0 Å². The molecule has 3 aromatic carbocycles. The molecule has 0 aliphatic heterocycles. The maximum absolute atomic E-state index is 13.8. The van der Waals surface area contributed by atoms with Gasteiger partial charge in [0.1, 0.15) is 0 Å². The molecule has 0 aromatic heterocycles. The van der Waals surface area contributed by atoms with Crippen molar-refractivity contribution in [2.45, 2.75) is 27.7 Å². The molecular weight excluding hydrogens is 514 g/mol. The maximum atomic E-state index is 13.8. The van der Waals surface area contributed by atoms with Crippen LogP contribution in [0.5, 0.6) is 0 Å². The summed E-state index contributed by atoms with van der Waals surface area (Å²) in [6.07, 6.45) is 2.11. The molecule has 0 heterocycles. The van der Waals surface area contributed by atoms with E-state index in [1.165, 1.54) is 27.7 Å². The number of carbonyl (C=O) groups is 2. The Morgan fingerprint density at radius 1 is 0.583 bits per heavy atom. The van der Waals surface area contributed by atoms with Crippen molar-refractivity contribution >= 4 is 34.6 Å². The van der Waals surface area contributed by atoms with Gasteiger partial charge in [0.2, 0.25) is 0 Å². The molecule has 0 bridgehead atoms. The number of rotatable bonds is 5. The van der Waals surface area contributed by atoms with Crippen LogP contribution < -0.4 is 26.1 Å². The second-order valence-electron chi connectivity index (χ2n) is 7.35. The first-order valence-electron chi connectivity index (χ1n) is 10.6. The monoisotopic (exact) mass is 543 g/mol. The van der Waals surface area contributed by atoms with Crippen molar-refractivity contribution in [3.63, 3.8) is 0 Å². The zero-order valence-electron chi connectivity index (χ0n) is 20.7. The maximum Gasteiger partial charge on any atom is 4.00 e. The van der Waals surface area contributed by atoms with Crippen LogP contribution in [0, 0.1) is 0 Å². The van der Waals surface area contributed by atoms with Crippen LogP contribution in [-0.4, -0.2) is 11.6 Å². The molecule has 8 heteroatoms. The summed E-state index contributed by atoms with van der Waals surface area (Å²) in [5.41, 5.74) is 0. The van der Waals surface area contributed by atoms with E-state index in [9.17, 15) is 24.4 Å².